The molecular formula is C11H8CrO3+6. The molecule has 0 saturated heterocycles. The van der Waals surface area contributed by atoms with Crippen molar-refractivity contribution in [3.05, 3.63) is 55.3 Å². The summed E-state index contributed by atoms with van der Waals surface area (Å²) in [5.74, 6) is 0. The molecule has 4 heteroatoms. The standard InChI is InChI=1S/C8H8.3CO.Cr/c1-2-4-8-6-5-7(8)3-1;3*1-2;/h1-4H,5-6H2;;;;/q;;;;+6. The van der Waals surface area contributed by atoms with Gasteiger partial charge >= 0.3 is 51.3 Å². The Kier molecular flexibility index (Phi) is 20.1. The van der Waals surface area contributed by atoms with Crippen molar-refractivity contribution < 1.29 is 31.3 Å². The van der Waals surface area contributed by atoms with Crippen LogP contribution in [0.5, 0.6) is 0 Å². The minimum absolute atomic E-state index is 0. The van der Waals surface area contributed by atoms with Gasteiger partial charge in [0.2, 0.25) is 0 Å². The van der Waals surface area contributed by atoms with Gasteiger partial charge in [0.15, 0.2) is 0 Å². The maximum Gasteiger partial charge on any atom is 6.00 e. The van der Waals surface area contributed by atoms with Gasteiger partial charge in [-0.05, 0) is 24.0 Å². The van der Waals surface area contributed by atoms with E-state index in [-0.39, 0.29) is 17.4 Å². The van der Waals surface area contributed by atoms with Crippen molar-refractivity contribution >= 4 is 0 Å². The molecule has 15 heavy (non-hydrogen) atoms. The van der Waals surface area contributed by atoms with Crippen LogP contribution in [0.15, 0.2) is 24.3 Å². The third kappa shape index (κ3) is 6.97. The van der Waals surface area contributed by atoms with Crippen LogP contribution in [-0.2, 0) is 44.2 Å². The van der Waals surface area contributed by atoms with E-state index in [9.17, 15) is 0 Å². The molecule has 1 aliphatic carbocycles. The Balaban J connectivity index is -0.000000182. The van der Waals surface area contributed by atoms with E-state index in [0.29, 0.717) is 0 Å². The molecule has 1 aliphatic rings. The third-order valence-electron chi connectivity index (χ3n) is 1.78. The van der Waals surface area contributed by atoms with Crippen LogP contribution in [0.4, 0.5) is 0 Å². The molecule has 0 amide bonds. The van der Waals surface area contributed by atoms with Crippen LogP contribution >= 0.6 is 0 Å². The summed E-state index contributed by atoms with van der Waals surface area (Å²) >= 11 is 0. The van der Waals surface area contributed by atoms with Gasteiger partial charge in [0.1, 0.15) is 0 Å². The van der Waals surface area contributed by atoms with Crippen molar-refractivity contribution in [3.63, 3.8) is 0 Å². The Hall–Kier alpha value is -1.03. The van der Waals surface area contributed by atoms with E-state index < -0.39 is 0 Å². The van der Waals surface area contributed by atoms with Gasteiger partial charge in [-0.3, -0.25) is 0 Å². The van der Waals surface area contributed by atoms with Crippen LogP contribution in [0.2, 0.25) is 0 Å². The van der Waals surface area contributed by atoms with Crippen molar-refractivity contribution in [2.75, 3.05) is 0 Å². The van der Waals surface area contributed by atoms with Crippen molar-refractivity contribution in [3.8, 4) is 0 Å². The van der Waals surface area contributed by atoms with Crippen LogP contribution in [0, 0.1) is 20.0 Å². The molecule has 0 aliphatic heterocycles. The molecule has 3 nitrogen and oxygen atoms in total. The first-order valence-corrected chi connectivity index (χ1v) is 3.65. The zero-order valence-electron chi connectivity index (χ0n) is 7.86. The van der Waals surface area contributed by atoms with Crippen LogP contribution in [-0.4, -0.2) is 0 Å². The van der Waals surface area contributed by atoms with Crippen molar-refractivity contribution in [2.45, 2.75) is 12.8 Å². The average Bonchev–Trinajstić information content (AvgIpc) is 2.29. The zero-order chi connectivity index (χ0) is 11.4. The minimum atomic E-state index is 0. The Bertz CT molecular complexity index is 278. The molecule has 0 spiro atoms. The largest absolute Gasteiger partial charge is 6.00 e. The Morgan fingerprint density at radius 2 is 1.00 bits per heavy atom. The second-order valence-corrected chi connectivity index (χ2v) is 2.27. The van der Waals surface area contributed by atoms with E-state index >= 15 is 0 Å². The van der Waals surface area contributed by atoms with Gasteiger partial charge in [0.25, 0.3) is 0 Å². The Morgan fingerprint density at radius 3 is 1.13 bits per heavy atom. The second-order valence-electron chi connectivity index (χ2n) is 2.27. The summed E-state index contributed by atoms with van der Waals surface area (Å²) < 4.78 is 22.5. The van der Waals surface area contributed by atoms with Crippen molar-refractivity contribution in [1.82, 2.24) is 0 Å². The molecule has 2 rings (SSSR count). The van der Waals surface area contributed by atoms with E-state index in [1.807, 2.05) is 0 Å². The van der Waals surface area contributed by atoms with Crippen molar-refractivity contribution in [1.29, 1.82) is 0 Å². The summed E-state index contributed by atoms with van der Waals surface area (Å²) in [5.41, 5.74) is 3.10. The van der Waals surface area contributed by atoms with Gasteiger partial charge < -0.3 is 0 Å². The maximum atomic E-state index is 7.50. The van der Waals surface area contributed by atoms with Crippen LogP contribution < -0.4 is 0 Å². The summed E-state index contributed by atoms with van der Waals surface area (Å²) in [6, 6.07) is 8.63. The average molecular weight is 240 g/mol. The summed E-state index contributed by atoms with van der Waals surface area (Å²) in [4.78, 5) is 0. The van der Waals surface area contributed by atoms with E-state index in [1.165, 1.54) is 12.8 Å². The number of benzene rings is 1. The number of hydrogen-bond donors (Lipinski definition) is 0. The fourth-order valence-electron chi connectivity index (χ4n) is 1.14. The molecule has 70 valence electrons. The summed E-state index contributed by atoms with van der Waals surface area (Å²) in [6.45, 7) is 13.5. The van der Waals surface area contributed by atoms with Crippen LogP contribution in [0.3, 0.4) is 0 Å². The third-order valence-corrected chi connectivity index (χ3v) is 1.78. The van der Waals surface area contributed by atoms with Gasteiger partial charge in [-0.15, -0.1) is 0 Å². The maximum absolute atomic E-state index is 7.50. The summed E-state index contributed by atoms with van der Waals surface area (Å²) in [5, 5.41) is 0. The van der Waals surface area contributed by atoms with E-state index in [0.717, 1.165) is 0 Å². The molecule has 0 N–H and O–H groups in total. The van der Waals surface area contributed by atoms with E-state index in [2.05, 4.69) is 44.2 Å². The number of hydrogen-bond acceptors (Lipinski definition) is 0. The van der Waals surface area contributed by atoms with Gasteiger partial charge in [0, 0.05) is 0 Å². The molecule has 0 heterocycles. The van der Waals surface area contributed by atoms with E-state index in [4.69, 9.17) is 14.0 Å². The fourth-order valence-corrected chi connectivity index (χ4v) is 1.14. The Labute approximate surface area is 99.8 Å². The van der Waals surface area contributed by atoms with Crippen molar-refractivity contribution in [2.24, 2.45) is 0 Å². The fraction of sp³-hybridized carbons (Fsp3) is 0.182. The molecule has 0 bridgehead atoms. The molecule has 0 aromatic heterocycles. The molecule has 0 saturated carbocycles. The van der Waals surface area contributed by atoms with Crippen LogP contribution in [0.1, 0.15) is 11.1 Å². The number of rotatable bonds is 0. The van der Waals surface area contributed by atoms with Gasteiger partial charge in [0.05, 0.1) is 0 Å². The molecule has 1 aromatic rings. The predicted molar refractivity (Wildman–Crippen MR) is 45.6 cm³/mol. The van der Waals surface area contributed by atoms with Gasteiger partial charge in [-0.25, -0.2) is 0 Å². The van der Waals surface area contributed by atoms with Gasteiger partial charge in [-0.1, -0.05) is 24.3 Å². The number of fused-ring (bicyclic) bond motifs is 1. The SMILES string of the molecule is [C-]#[O+].[C-]#[O+].[C-]#[O+].[Cr+6].c1ccc2c(c1)CC2. The topological polar surface area (TPSA) is 59.7 Å². The molecule has 0 atom stereocenters. The monoisotopic (exact) mass is 240 g/mol. The summed E-state index contributed by atoms with van der Waals surface area (Å²) in [6.07, 6.45) is 2.60. The normalized spacial score (nSPS) is 8.13. The molecule has 0 radical (unpaired) electrons. The first-order valence-electron chi connectivity index (χ1n) is 3.65. The first-order chi connectivity index (χ1) is 6.97. The second kappa shape index (κ2) is 15.4. The number of aryl methyl sites for hydroxylation is 2. The summed E-state index contributed by atoms with van der Waals surface area (Å²) in [7, 11) is 0. The zero-order valence-corrected chi connectivity index (χ0v) is 9.13. The predicted octanol–water partition coefficient (Wildman–Crippen LogP) is 1.67. The quantitative estimate of drug-likeness (QED) is 0.489. The Morgan fingerprint density at radius 1 is 0.733 bits per heavy atom. The van der Waals surface area contributed by atoms with Crippen LogP contribution in [0.25, 0.3) is 0 Å². The first kappa shape index (κ1) is 19.5. The molecular weight excluding hydrogens is 232 g/mol. The molecule has 1 aromatic carbocycles. The van der Waals surface area contributed by atoms with Gasteiger partial charge in [-0.2, -0.15) is 0 Å². The van der Waals surface area contributed by atoms with E-state index in [1.54, 1.807) is 11.1 Å². The smallest absolute Gasteiger partial charge is 0.0620 e. The molecule has 0 unspecified atom stereocenters. The minimum Gasteiger partial charge on any atom is -0.0620 e. The molecule has 0 fully saturated rings.